The van der Waals surface area contributed by atoms with E-state index in [0.29, 0.717) is 23.1 Å². The number of hydrogen-bond acceptors (Lipinski definition) is 5. The molecule has 3 aromatic rings. The van der Waals surface area contributed by atoms with Gasteiger partial charge in [-0.15, -0.1) is 10.2 Å². The number of aromatic nitrogens is 3. The summed E-state index contributed by atoms with van der Waals surface area (Å²) in [4.78, 5) is 25.0. The second-order valence-corrected chi connectivity index (χ2v) is 9.30. The highest BCUT2D eigenvalue weighted by molar-refractivity contribution is 9.10. The van der Waals surface area contributed by atoms with E-state index in [0.717, 1.165) is 21.3 Å². The molecule has 1 aromatic heterocycles. The van der Waals surface area contributed by atoms with Crippen molar-refractivity contribution in [1.82, 2.24) is 20.1 Å². The molecule has 0 bridgehead atoms. The number of aryl methyl sites for hydroxylation is 2. The van der Waals surface area contributed by atoms with Crippen molar-refractivity contribution < 1.29 is 9.59 Å². The van der Waals surface area contributed by atoms with Crippen LogP contribution in [0.2, 0.25) is 0 Å². The Morgan fingerprint density at radius 1 is 1.12 bits per heavy atom. The maximum atomic E-state index is 12.6. The van der Waals surface area contributed by atoms with Crippen molar-refractivity contribution in [2.24, 2.45) is 0 Å². The largest absolute Gasteiger partial charge is 0.342 e. The highest BCUT2D eigenvalue weighted by Crippen LogP contribution is 2.23. The van der Waals surface area contributed by atoms with Crippen LogP contribution in [0.25, 0.3) is 0 Å². The predicted molar refractivity (Wildman–Crippen MR) is 131 cm³/mol. The predicted octanol–water partition coefficient (Wildman–Crippen LogP) is 4.90. The van der Waals surface area contributed by atoms with Crippen LogP contribution in [-0.4, -0.2) is 32.3 Å². The van der Waals surface area contributed by atoms with Gasteiger partial charge in [-0.2, -0.15) is 0 Å². The summed E-state index contributed by atoms with van der Waals surface area (Å²) in [5.41, 5.74) is 3.46. The van der Waals surface area contributed by atoms with Gasteiger partial charge in [0.05, 0.1) is 11.8 Å². The van der Waals surface area contributed by atoms with Crippen LogP contribution in [0.5, 0.6) is 0 Å². The molecule has 0 aliphatic heterocycles. The zero-order chi connectivity index (χ0) is 23.3. The van der Waals surface area contributed by atoms with Gasteiger partial charge in [-0.3, -0.25) is 9.59 Å². The SMILES string of the molecule is CCn1c(SCC(=O)Nc2ccc(Br)cc2C)nnc1[C@@H](C)NC(=O)c1ccc(C)cc1. The molecule has 1 heterocycles. The summed E-state index contributed by atoms with van der Waals surface area (Å²) in [5, 5.41) is 15.1. The van der Waals surface area contributed by atoms with Crippen LogP contribution in [0.4, 0.5) is 5.69 Å². The zero-order valence-electron chi connectivity index (χ0n) is 18.5. The van der Waals surface area contributed by atoms with Crippen molar-refractivity contribution in [3.63, 3.8) is 0 Å². The van der Waals surface area contributed by atoms with Gasteiger partial charge in [0.25, 0.3) is 5.91 Å². The molecule has 9 heteroatoms. The van der Waals surface area contributed by atoms with E-state index in [1.165, 1.54) is 11.8 Å². The van der Waals surface area contributed by atoms with Crippen LogP contribution in [0, 0.1) is 13.8 Å². The van der Waals surface area contributed by atoms with Crippen molar-refractivity contribution in [2.45, 2.75) is 45.4 Å². The van der Waals surface area contributed by atoms with Crippen LogP contribution < -0.4 is 10.6 Å². The van der Waals surface area contributed by atoms with E-state index < -0.39 is 0 Å². The average molecular weight is 516 g/mol. The van der Waals surface area contributed by atoms with E-state index in [4.69, 9.17) is 0 Å². The minimum absolute atomic E-state index is 0.117. The van der Waals surface area contributed by atoms with Gasteiger partial charge >= 0.3 is 0 Å². The third-order valence-corrected chi connectivity index (χ3v) is 6.37. The molecule has 2 amide bonds. The first kappa shape index (κ1) is 24.0. The second kappa shape index (κ2) is 10.8. The number of amides is 2. The Hall–Kier alpha value is -2.65. The summed E-state index contributed by atoms with van der Waals surface area (Å²) < 4.78 is 2.89. The lowest BCUT2D eigenvalue weighted by Crippen LogP contribution is -2.28. The fourth-order valence-corrected chi connectivity index (χ4v) is 4.44. The summed E-state index contributed by atoms with van der Waals surface area (Å²) in [6.07, 6.45) is 0. The van der Waals surface area contributed by atoms with E-state index in [9.17, 15) is 9.59 Å². The zero-order valence-corrected chi connectivity index (χ0v) is 20.9. The molecule has 2 N–H and O–H groups in total. The molecule has 0 spiro atoms. The van der Waals surface area contributed by atoms with E-state index in [1.54, 1.807) is 12.1 Å². The molecule has 168 valence electrons. The summed E-state index contributed by atoms with van der Waals surface area (Å²) in [6, 6.07) is 12.8. The fourth-order valence-electron chi connectivity index (χ4n) is 3.16. The normalized spacial score (nSPS) is 11.8. The van der Waals surface area contributed by atoms with Gasteiger partial charge < -0.3 is 15.2 Å². The molecule has 0 saturated carbocycles. The van der Waals surface area contributed by atoms with Gasteiger partial charge in [0.15, 0.2) is 11.0 Å². The monoisotopic (exact) mass is 515 g/mol. The van der Waals surface area contributed by atoms with Gasteiger partial charge in [-0.1, -0.05) is 45.4 Å². The summed E-state index contributed by atoms with van der Waals surface area (Å²) in [6.45, 7) is 8.41. The van der Waals surface area contributed by atoms with Crippen molar-refractivity contribution in [2.75, 3.05) is 11.1 Å². The third-order valence-electron chi connectivity index (χ3n) is 4.91. The molecule has 0 aliphatic rings. The average Bonchev–Trinajstić information content (AvgIpc) is 3.17. The number of halogens is 1. The standard InChI is InChI=1S/C23H26BrN5O2S/c1-5-29-21(16(4)25-22(31)17-8-6-14(2)7-9-17)27-28-23(29)32-13-20(30)26-19-11-10-18(24)12-15(19)3/h6-12,16H,5,13H2,1-4H3,(H,25,31)(H,26,30)/t16-/m1/s1. The summed E-state index contributed by atoms with van der Waals surface area (Å²) >= 11 is 4.74. The highest BCUT2D eigenvalue weighted by Gasteiger charge is 2.20. The molecule has 32 heavy (non-hydrogen) atoms. The molecule has 7 nitrogen and oxygen atoms in total. The van der Waals surface area contributed by atoms with Gasteiger partial charge in [-0.05, 0) is 63.6 Å². The van der Waals surface area contributed by atoms with Crippen LogP contribution >= 0.6 is 27.7 Å². The van der Waals surface area contributed by atoms with E-state index in [-0.39, 0.29) is 23.6 Å². The van der Waals surface area contributed by atoms with Crippen molar-refractivity contribution in [3.05, 3.63) is 69.5 Å². The van der Waals surface area contributed by atoms with E-state index in [2.05, 4.69) is 36.8 Å². The molecule has 0 fully saturated rings. The van der Waals surface area contributed by atoms with E-state index >= 15 is 0 Å². The van der Waals surface area contributed by atoms with Crippen molar-refractivity contribution in [3.8, 4) is 0 Å². The van der Waals surface area contributed by atoms with Gasteiger partial charge in [0.2, 0.25) is 5.91 Å². The number of rotatable bonds is 8. The van der Waals surface area contributed by atoms with Crippen molar-refractivity contribution in [1.29, 1.82) is 0 Å². The number of hydrogen-bond donors (Lipinski definition) is 2. The third kappa shape index (κ3) is 5.98. The molecular formula is C23H26BrN5O2S. The maximum absolute atomic E-state index is 12.6. The minimum Gasteiger partial charge on any atom is -0.342 e. The van der Waals surface area contributed by atoms with Gasteiger partial charge in [0.1, 0.15) is 0 Å². The van der Waals surface area contributed by atoms with Gasteiger partial charge in [-0.25, -0.2) is 0 Å². The molecule has 1 atom stereocenters. The Kier molecular flexibility index (Phi) is 8.09. The second-order valence-electron chi connectivity index (χ2n) is 7.44. The van der Waals surface area contributed by atoms with Crippen molar-refractivity contribution >= 4 is 45.2 Å². The Bertz CT molecular complexity index is 1110. The molecule has 2 aromatic carbocycles. The molecule has 0 aliphatic carbocycles. The first-order valence-corrected chi connectivity index (χ1v) is 12.1. The first-order chi connectivity index (χ1) is 15.3. The Morgan fingerprint density at radius 2 is 1.84 bits per heavy atom. The quantitative estimate of drug-likeness (QED) is 0.416. The number of carbonyl (C=O) groups excluding carboxylic acids is 2. The lowest BCUT2D eigenvalue weighted by Gasteiger charge is -2.15. The summed E-state index contributed by atoms with van der Waals surface area (Å²) in [5.74, 6) is 0.576. The number of carbonyl (C=O) groups is 2. The number of benzene rings is 2. The number of thioether (sulfide) groups is 1. The van der Waals surface area contributed by atoms with E-state index in [1.807, 2.05) is 62.6 Å². The first-order valence-electron chi connectivity index (χ1n) is 10.3. The molecule has 0 radical (unpaired) electrons. The maximum Gasteiger partial charge on any atom is 0.251 e. The molecule has 3 rings (SSSR count). The molecular weight excluding hydrogens is 490 g/mol. The Labute approximate surface area is 200 Å². The van der Waals surface area contributed by atoms with Crippen LogP contribution in [-0.2, 0) is 11.3 Å². The lowest BCUT2D eigenvalue weighted by atomic mass is 10.1. The fraction of sp³-hybridized carbons (Fsp3) is 0.304. The Balaban J connectivity index is 1.62. The van der Waals surface area contributed by atoms with Crippen LogP contribution in [0.1, 0.15) is 47.2 Å². The number of nitrogens with one attached hydrogen (secondary N) is 2. The topological polar surface area (TPSA) is 88.9 Å². The molecule has 0 saturated heterocycles. The number of nitrogens with zero attached hydrogens (tertiary/aromatic N) is 3. The molecule has 0 unspecified atom stereocenters. The number of anilines is 1. The Morgan fingerprint density at radius 3 is 2.50 bits per heavy atom. The lowest BCUT2D eigenvalue weighted by molar-refractivity contribution is -0.113. The smallest absolute Gasteiger partial charge is 0.251 e. The van der Waals surface area contributed by atoms with Gasteiger partial charge in [0, 0.05) is 22.3 Å². The highest BCUT2D eigenvalue weighted by atomic mass is 79.9. The van der Waals surface area contributed by atoms with Crippen LogP contribution in [0.15, 0.2) is 52.1 Å². The van der Waals surface area contributed by atoms with Crippen LogP contribution in [0.3, 0.4) is 0 Å². The summed E-state index contributed by atoms with van der Waals surface area (Å²) in [7, 11) is 0. The minimum atomic E-state index is -0.329.